The van der Waals surface area contributed by atoms with Crippen LogP contribution in [-0.2, 0) is 11.3 Å². The normalized spacial score (nSPS) is 11.1. The van der Waals surface area contributed by atoms with Crippen LogP contribution >= 0.6 is 23.1 Å². The third-order valence-corrected chi connectivity index (χ3v) is 5.92. The van der Waals surface area contributed by atoms with Crippen LogP contribution < -0.4 is 0 Å². The largest absolute Gasteiger partial charge is 0.431 e. The number of rotatable bonds is 6. The highest BCUT2D eigenvalue weighted by Gasteiger charge is 2.15. The zero-order valence-corrected chi connectivity index (χ0v) is 16.6. The van der Waals surface area contributed by atoms with E-state index < -0.39 is 0 Å². The molecule has 2 heterocycles. The molecule has 2 aromatic heterocycles. The fourth-order valence-electron chi connectivity index (χ4n) is 2.58. The Kier molecular flexibility index (Phi) is 5.40. The molecule has 2 aromatic carbocycles. The van der Waals surface area contributed by atoms with Crippen LogP contribution in [0.4, 0.5) is 4.39 Å². The van der Waals surface area contributed by atoms with Gasteiger partial charge in [0.1, 0.15) is 10.8 Å². The summed E-state index contributed by atoms with van der Waals surface area (Å²) in [5, 5.41) is 1.30. The first-order valence-corrected chi connectivity index (χ1v) is 10.3. The fourth-order valence-corrected chi connectivity index (χ4v) is 4.35. The van der Waals surface area contributed by atoms with Crippen molar-refractivity contribution in [2.24, 2.45) is 0 Å². The van der Waals surface area contributed by atoms with Crippen molar-refractivity contribution in [3.63, 3.8) is 0 Å². The lowest BCUT2D eigenvalue weighted by molar-refractivity contribution is -0.127. The van der Waals surface area contributed by atoms with Crippen LogP contribution in [0.3, 0.4) is 0 Å². The van der Waals surface area contributed by atoms with E-state index in [1.165, 1.54) is 23.9 Å². The Bertz CT molecular complexity index is 1080. The summed E-state index contributed by atoms with van der Waals surface area (Å²) in [5.74, 6) is 0.410. The Labute approximate surface area is 169 Å². The van der Waals surface area contributed by atoms with Gasteiger partial charge in [-0.15, -0.1) is 11.3 Å². The first kappa shape index (κ1) is 18.6. The van der Waals surface area contributed by atoms with E-state index in [1.807, 2.05) is 24.3 Å². The molecule has 0 aliphatic carbocycles. The third-order valence-electron chi connectivity index (χ3n) is 4.07. The highest BCUT2D eigenvalue weighted by Crippen LogP contribution is 2.26. The topological polar surface area (TPSA) is 59.2 Å². The number of aromatic nitrogens is 2. The van der Waals surface area contributed by atoms with Crippen LogP contribution in [0.5, 0.6) is 0 Å². The van der Waals surface area contributed by atoms with Gasteiger partial charge in [0.15, 0.2) is 5.76 Å². The van der Waals surface area contributed by atoms with Crippen molar-refractivity contribution < 1.29 is 13.6 Å². The minimum Gasteiger partial charge on any atom is -0.431 e. The molecule has 1 amide bonds. The first-order chi connectivity index (χ1) is 13.6. The molecule has 0 unspecified atom stereocenters. The Hall–Kier alpha value is -2.71. The summed E-state index contributed by atoms with van der Waals surface area (Å²) in [6.07, 6.45) is 1.57. The average molecular weight is 413 g/mol. The second kappa shape index (κ2) is 8.12. The van der Waals surface area contributed by atoms with Gasteiger partial charge in [-0.2, -0.15) is 0 Å². The number of carbonyl (C=O) groups is 1. The number of hydrogen-bond donors (Lipinski definition) is 0. The van der Waals surface area contributed by atoms with Crippen LogP contribution in [-0.4, -0.2) is 33.6 Å². The summed E-state index contributed by atoms with van der Waals surface area (Å²) in [6, 6.07) is 13.9. The molecule has 0 fully saturated rings. The van der Waals surface area contributed by atoms with Gasteiger partial charge in [0.2, 0.25) is 5.91 Å². The number of nitrogens with zero attached hydrogens (tertiary/aromatic N) is 3. The molecule has 0 atom stereocenters. The van der Waals surface area contributed by atoms with Crippen molar-refractivity contribution >= 4 is 39.2 Å². The summed E-state index contributed by atoms with van der Waals surface area (Å²) < 4.78 is 19.8. The molecule has 8 heteroatoms. The van der Waals surface area contributed by atoms with Gasteiger partial charge in [0.25, 0.3) is 5.22 Å². The molecule has 0 aliphatic heterocycles. The number of benzene rings is 2. The highest BCUT2D eigenvalue weighted by atomic mass is 32.2. The average Bonchev–Trinajstić information content (AvgIpc) is 3.33. The number of thiazole rings is 1. The molecule has 142 valence electrons. The number of thioether (sulfide) groups is 1. The summed E-state index contributed by atoms with van der Waals surface area (Å²) in [4.78, 5) is 22.8. The van der Waals surface area contributed by atoms with E-state index in [0.29, 0.717) is 17.5 Å². The van der Waals surface area contributed by atoms with Crippen LogP contribution in [0.25, 0.3) is 21.5 Å². The van der Waals surface area contributed by atoms with Crippen molar-refractivity contribution in [3.05, 3.63) is 65.6 Å². The first-order valence-electron chi connectivity index (χ1n) is 8.51. The summed E-state index contributed by atoms with van der Waals surface area (Å²) >= 11 is 2.82. The molecule has 0 saturated carbocycles. The van der Waals surface area contributed by atoms with Crippen LogP contribution in [0.1, 0.15) is 5.01 Å². The third kappa shape index (κ3) is 4.23. The van der Waals surface area contributed by atoms with E-state index in [2.05, 4.69) is 9.97 Å². The van der Waals surface area contributed by atoms with Crippen molar-refractivity contribution in [1.29, 1.82) is 0 Å². The lowest BCUT2D eigenvalue weighted by atomic mass is 10.2. The van der Waals surface area contributed by atoms with E-state index in [0.717, 1.165) is 20.8 Å². The summed E-state index contributed by atoms with van der Waals surface area (Å²) in [6.45, 7) is 0.463. The lowest BCUT2D eigenvalue weighted by Crippen LogP contribution is -2.27. The van der Waals surface area contributed by atoms with E-state index in [9.17, 15) is 9.18 Å². The Morgan fingerprint density at radius 2 is 2.00 bits per heavy atom. The van der Waals surface area contributed by atoms with E-state index in [-0.39, 0.29) is 17.5 Å². The van der Waals surface area contributed by atoms with Gasteiger partial charge in [0.05, 0.1) is 28.7 Å². The molecule has 5 nitrogen and oxygen atoms in total. The molecule has 4 rings (SSSR count). The maximum Gasteiger partial charge on any atom is 0.256 e. The molecular weight excluding hydrogens is 397 g/mol. The fraction of sp³-hybridized carbons (Fsp3) is 0.150. The minimum atomic E-state index is -0.306. The van der Waals surface area contributed by atoms with Gasteiger partial charge in [-0.25, -0.2) is 14.4 Å². The predicted molar refractivity (Wildman–Crippen MR) is 109 cm³/mol. The van der Waals surface area contributed by atoms with Gasteiger partial charge in [-0.3, -0.25) is 4.79 Å². The maximum atomic E-state index is 13.0. The van der Waals surface area contributed by atoms with E-state index in [1.54, 1.807) is 41.6 Å². The highest BCUT2D eigenvalue weighted by molar-refractivity contribution is 7.99. The summed E-state index contributed by atoms with van der Waals surface area (Å²) in [7, 11) is 1.76. The molecule has 0 aliphatic rings. The molecule has 0 bridgehead atoms. The molecule has 0 N–H and O–H groups in total. The summed E-state index contributed by atoms with van der Waals surface area (Å²) in [5.41, 5.74) is 1.69. The number of carbonyl (C=O) groups excluding carboxylic acids is 1. The smallest absolute Gasteiger partial charge is 0.256 e. The Morgan fingerprint density at radius 1 is 1.21 bits per heavy atom. The minimum absolute atomic E-state index is 0.0363. The number of para-hydroxylation sites is 1. The quantitative estimate of drug-likeness (QED) is 0.423. The van der Waals surface area contributed by atoms with Gasteiger partial charge < -0.3 is 9.32 Å². The van der Waals surface area contributed by atoms with Crippen molar-refractivity contribution in [3.8, 4) is 11.3 Å². The van der Waals surface area contributed by atoms with Crippen molar-refractivity contribution in [2.45, 2.75) is 11.8 Å². The zero-order valence-electron chi connectivity index (χ0n) is 15.0. The molecule has 0 spiro atoms. The number of fused-ring (bicyclic) bond motifs is 1. The van der Waals surface area contributed by atoms with Crippen LogP contribution in [0.2, 0.25) is 0 Å². The number of halogens is 1. The van der Waals surface area contributed by atoms with Crippen LogP contribution in [0, 0.1) is 5.82 Å². The predicted octanol–water partition coefficient (Wildman–Crippen LogP) is 4.84. The lowest BCUT2D eigenvalue weighted by Gasteiger charge is -2.14. The number of amides is 1. The van der Waals surface area contributed by atoms with Gasteiger partial charge in [0, 0.05) is 12.6 Å². The van der Waals surface area contributed by atoms with Crippen LogP contribution in [0.15, 0.2) is 64.4 Å². The molecule has 0 saturated heterocycles. The SMILES string of the molecule is CN(Cc1nc2ccccc2s1)C(=O)CSc1ncc(-c2ccc(F)cc2)o1. The second-order valence-electron chi connectivity index (χ2n) is 6.11. The molecule has 0 radical (unpaired) electrons. The molecular formula is C20H16FN3O2S2. The zero-order chi connectivity index (χ0) is 19.5. The number of hydrogen-bond acceptors (Lipinski definition) is 6. The van der Waals surface area contributed by atoms with Crippen molar-refractivity contribution in [1.82, 2.24) is 14.9 Å². The van der Waals surface area contributed by atoms with Gasteiger partial charge in [-0.05, 0) is 36.4 Å². The van der Waals surface area contributed by atoms with Gasteiger partial charge >= 0.3 is 0 Å². The standard InChI is InChI=1S/C20H16FN3O2S2/c1-24(11-18-23-15-4-2-3-5-17(15)28-18)19(25)12-27-20-22-10-16(26-20)13-6-8-14(21)9-7-13/h2-10H,11-12H2,1H3. The van der Waals surface area contributed by atoms with E-state index >= 15 is 0 Å². The Morgan fingerprint density at radius 3 is 2.79 bits per heavy atom. The van der Waals surface area contributed by atoms with Crippen molar-refractivity contribution in [2.75, 3.05) is 12.8 Å². The monoisotopic (exact) mass is 413 g/mol. The van der Waals surface area contributed by atoms with Gasteiger partial charge in [-0.1, -0.05) is 23.9 Å². The molecule has 28 heavy (non-hydrogen) atoms. The maximum absolute atomic E-state index is 13.0. The van der Waals surface area contributed by atoms with E-state index in [4.69, 9.17) is 4.42 Å². The Balaban J connectivity index is 1.34. The second-order valence-corrected chi connectivity index (χ2v) is 8.15. The molecule has 4 aromatic rings. The number of oxazole rings is 1.